The van der Waals surface area contributed by atoms with Gasteiger partial charge in [-0.05, 0) is 30.0 Å². The molecular formula is C19H30N4O7S3. The summed E-state index contributed by atoms with van der Waals surface area (Å²) in [6, 6.07) is 4.00. The molecule has 2 heterocycles. The van der Waals surface area contributed by atoms with E-state index in [4.69, 9.17) is 9.47 Å². The second kappa shape index (κ2) is 15.8. The van der Waals surface area contributed by atoms with Gasteiger partial charge in [0.15, 0.2) is 12.3 Å². The van der Waals surface area contributed by atoms with Gasteiger partial charge in [0.05, 0.1) is 19.3 Å². The van der Waals surface area contributed by atoms with E-state index in [2.05, 4.69) is 20.8 Å². The zero-order valence-electron chi connectivity index (χ0n) is 18.1. The molecule has 1 aliphatic heterocycles. The predicted molar refractivity (Wildman–Crippen MR) is 129 cm³/mol. The number of carbonyl (C=O) groups is 1. The van der Waals surface area contributed by atoms with Gasteiger partial charge in [-0.3, -0.25) is 4.79 Å². The van der Waals surface area contributed by atoms with Gasteiger partial charge in [-0.15, -0.1) is 0 Å². The van der Waals surface area contributed by atoms with Crippen LogP contribution in [0.1, 0.15) is 0 Å². The highest BCUT2D eigenvalue weighted by atomic mass is 33.1. The maximum Gasteiger partial charge on any atom is 0.238 e. The number of nitroso groups, excluding NO2 is 1. The molecule has 1 saturated heterocycles. The molecule has 0 bridgehead atoms. The molecule has 1 amide bonds. The number of ether oxygens (including phenoxy) is 2. The van der Waals surface area contributed by atoms with E-state index in [9.17, 15) is 25.0 Å². The minimum atomic E-state index is -1.44. The number of carbonyl (C=O) groups excluding carboxylic acids is 1. The fourth-order valence-electron chi connectivity index (χ4n) is 2.88. The van der Waals surface area contributed by atoms with Crippen molar-refractivity contribution in [3.8, 4) is 0 Å². The topological polar surface area (TPSA) is 163 Å². The highest BCUT2D eigenvalue weighted by molar-refractivity contribution is 8.76. The second-order valence-corrected chi connectivity index (χ2v) is 10.5. The van der Waals surface area contributed by atoms with Gasteiger partial charge in [0.2, 0.25) is 5.91 Å². The van der Waals surface area contributed by atoms with Crippen LogP contribution in [0.3, 0.4) is 0 Å². The van der Waals surface area contributed by atoms with Crippen molar-refractivity contribution in [1.29, 1.82) is 0 Å². The molecule has 5 unspecified atom stereocenters. The zero-order chi connectivity index (χ0) is 24.1. The molecule has 186 valence electrons. The van der Waals surface area contributed by atoms with Crippen LogP contribution in [0.4, 0.5) is 0 Å². The maximum absolute atomic E-state index is 12.3. The quantitative estimate of drug-likeness (QED) is 0.118. The monoisotopic (exact) mass is 522 g/mol. The summed E-state index contributed by atoms with van der Waals surface area (Å²) in [4.78, 5) is 27.5. The van der Waals surface area contributed by atoms with Crippen molar-refractivity contribution >= 4 is 39.3 Å². The molecule has 0 aliphatic carbocycles. The summed E-state index contributed by atoms with van der Waals surface area (Å²) in [5.41, 5.74) is 0. The lowest BCUT2D eigenvalue weighted by atomic mass is 9.97. The number of thioether (sulfide) groups is 1. The van der Waals surface area contributed by atoms with Crippen molar-refractivity contribution in [2.75, 3.05) is 44.1 Å². The zero-order valence-corrected chi connectivity index (χ0v) is 20.6. The molecule has 0 spiro atoms. The van der Waals surface area contributed by atoms with Crippen LogP contribution in [-0.4, -0.2) is 107 Å². The summed E-state index contributed by atoms with van der Waals surface area (Å²) in [7, 11) is 4.89. The number of aromatic nitrogens is 1. The first-order valence-electron chi connectivity index (χ1n) is 10.3. The van der Waals surface area contributed by atoms with Crippen LogP contribution in [0.15, 0.2) is 34.6 Å². The first kappa shape index (κ1) is 28.3. The number of aliphatic hydroxyl groups excluding tert-OH is 3. The molecule has 1 aromatic heterocycles. The van der Waals surface area contributed by atoms with Gasteiger partial charge >= 0.3 is 0 Å². The first-order valence-corrected chi connectivity index (χ1v) is 13.8. The molecule has 2 rings (SSSR count). The third-order valence-corrected chi connectivity index (χ3v) is 7.99. The van der Waals surface area contributed by atoms with Gasteiger partial charge in [0.25, 0.3) is 0 Å². The first-order chi connectivity index (χ1) is 16.0. The van der Waals surface area contributed by atoms with E-state index < -0.39 is 37.3 Å². The molecule has 1 aromatic rings. The standard InChI is InChI=1S/C19H30N4O7S3/c1-20-12(18(27)22-6-8-32-33-14-4-2-3-5-21-14)11-31-9-7-29-19-17(26)15(23-28)16(25)13(10-24)30-19/h2-5,12-13,15-17,19-20,24-26H,6-11H2,1H3,(H,22,27)/t12-,13?,15?,16?,17?,19?/m1/s1. The number of amides is 1. The molecule has 1 aliphatic rings. The fourth-order valence-corrected chi connectivity index (χ4v) is 5.60. The van der Waals surface area contributed by atoms with Gasteiger partial charge in [-0.2, -0.15) is 16.7 Å². The molecule has 33 heavy (non-hydrogen) atoms. The minimum absolute atomic E-state index is 0.0972. The number of hydrogen-bond acceptors (Lipinski definition) is 13. The lowest BCUT2D eigenvalue weighted by Crippen LogP contribution is -2.58. The Balaban J connectivity index is 1.60. The average molecular weight is 523 g/mol. The van der Waals surface area contributed by atoms with Crippen molar-refractivity contribution in [3.05, 3.63) is 29.3 Å². The van der Waals surface area contributed by atoms with Crippen LogP contribution in [-0.2, 0) is 14.3 Å². The third-order valence-electron chi connectivity index (χ3n) is 4.70. The molecule has 11 nitrogen and oxygen atoms in total. The minimum Gasteiger partial charge on any atom is -0.394 e. The third kappa shape index (κ3) is 9.30. The summed E-state index contributed by atoms with van der Waals surface area (Å²) in [5, 5.41) is 38.7. The SMILES string of the molecule is CN[C@H](CSCCOC1OC(CO)C(O)C(N=O)C1O)C(=O)NCCSSc1ccccn1. The molecular weight excluding hydrogens is 492 g/mol. The highest BCUT2D eigenvalue weighted by Crippen LogP contribution is 2.28. The van der Waals surface area contributed by atoms with Crippen LogP contribution < -0.4 is 10.6 Å². The second-order valence-electron chi connectivity index (χ2n) is 6.95. The summed E-state index contributed by atoms with van der Waals surface area (Å²) in [5.74, 6) is 1.65. The smallest absolute Gasteiger partial charge is 0.238 e. The maximum atomic E-state index is 12.3. The molecule has 0 aromatic carbocycles. The number of likely N-dealkylation sites (N-methyl/N-ethyl adjacent to an activating group) is 1. The summed E-state index contributed by atoms with van der Waals surface area (Å²) in [6.45, 7) is 0.176. The van der Waals surface area contributed by atoms with Crippen molar-refractivity contribution in [2.24, 2.45) is 5.18 Å². The van der Waals surface area contributed by atoms with Crippen molar-refractivity contribution in [2.45, 2.75) is 41.7 Å². The Morgan fingerprint density at radius 1 is 1.33 bits per heavy atom. The number of aliphatic hydroxyl groups is 3. The van der Waals surface area contributed by atoms with Gasteiger partial charge in [-0.1, -0.05) is 22.0 Å². The number of nitrogens with one attached hydrogen (secondary N) is 2. The summed E-state index contributed by atoms with van der Waals surface area (Å²) < 4.78 is 10.8. The van der Waals surface area contributed by atoms with E-state index in [1.165, 1.54) is 11.8 Å². The van der Waals surface area contributed by atoms with Gasteiger partial charge < -0.3 is 35.4 Å². The lowest BCUT2D eigenvalue weighted by Gasteiger charge is -2.38. The lowest BCUT2D eigenvalue weighted by molar-refractivity contribution is -0.274. The molecule has 6 atom stereocenters. The normalized spacial score (nSPS) is 26.0. The molecule has 14 heteroatoms. The Bertz CT molecular complexity index is 709. The number of nitrogens with zero attached hydrogens (tertiary/aromatic N) is 2. The summed E-state index contributed by atoms with van der Waals surface area (Å²) in [6.07, 6.45) is -3.34. The van der Waals surface area contributed by atoms with Gasteiger partial charge in [0, 0.05) is 30.0 Å². The van der Waals surface area contributed by atoms with Crippen molar-refractivity contribution in [1.82, 2.24) is 15.6 Å². The van der Waals surface area contributed by atoms with E-state index in [-0.39, 0.29) is 18.6 Å². The Hall–Kier alpha value is -0.970. The van der Waals surface area contributed by atoms with Crippen LogP contribution in [0.2, 0.25) is 0 Å². The highest BCUT2D eigenvalue weighted by Gasteiger charge is 2.46. The summed E-state index contributed by atoms with van der Waals surface area (Å²) >= 11 is 1.47. The number of hydrogen-bond donors (Lipinski definition) is 5. The molecule has 0 saturated carbocycles. The van der Waals surface area contributed by atoms with E-state index in [1.807, 2.05) is 18.2 Å². The van der Waals surface area contributed by atoms with Crippen molar-refractivity contribution < 1.29 is 29.6 Å². The Kier molecular flexibility index (Phi) is 13.6. The molecule has 1 fully saturated rings. The van der Waals surface area contributed by atoms with E-state index in [0.717, 1.165) is 10.8 Å². The number of pyridine rings is 1. The van der Waals surface area contributed by atoms with Gasteiger partial charge in [-0.25, -0.2) is 4.98 Å². The molecule has 0 radical (unpaired) electrons. The van der Waals surface area contributed by atoms with Crippen LogP contribution in [0, 0.1) is 4.91 Å². The average Bonchev–Trinajstić information content (AvgIpc) is 2.83. The Morgan fingerprint density at radius 2 is 2.15 bits per heavy atom. The van der Waals surface area contributed by atoms with Crippen molar-refractivity contribution in [3.63, 3.8) is 0 Å². The Morgan fingerprint density at radius 3 is 2.82 bits per heavy atom. The fraction of sp³-hybridized carbons (Fsp3) is 0.684. The largest absolute Gasteiger partial charge is 0.394 e. The number of rotatable bonds is 15. The predicted octanol–water partition coefficient (Wildman–Crippen LogP) is -0.150. The van der Waals surface area contributed by atoms with E-state index >= 15 is 0 Å². The van der Waals surface area contributed by atoms with Crippen LogP contribution in [0.5, 0.6) is 0 Å². The Labute approximate surface area is 204 Å². The van der Waals surface area contributed by atoms with Gasteiger partial charge in [0.1, 0.15) is 23.3 Å². The van der Waals surface area contributed by atoms with Crippen LogP contribution >= 0.6 is 33.3 Å². The van der Waals surface area contributed by atoms with E-state index in [0.29, 0.717) is 18.1 Å². The van der Waals surface area contributed by atoms with Crippen LogP contribution in [0.25, 0.3) is 0 Å². The van der Waals surface area contributed by atoms with E-state index in [1.54, 1.807) is 34.8 Å². The molecule has 5 N–H and O–H groups in total.